The standard InChI is InChI=1S/C20H23F3N2O6/c1-2-29-19(28)25-11-9-15(10-12-25)24-17(26)13-30-18(27)8-5-14-3-6-16(7-4-14)31-20(21,22)23/h3-8,15H,2,9-13H2,1H3,(H,24,26)/b8-5+. The minimum atomic E-state index is -4.78. The van der Waals surface area contributed by atoms with Crippen LogP contribution >= 0.6 is 0 Å². The number of likely N-dealkylation sites (tertiary alicyclic amines) is 1. The number of benzene rings is 1. The molecule has 1 aromatic carbocycles. The summed E-state index contributed by atoms with van der Waals surface area (Å²) in [6.07, 6.45) is -1.64. The van der Waals surface area contributed by atoms with Crippen LogP contribution in [0.15, 0.2) is 30.3 Å². The summed E-state index contributed by atoms with van der Waals surface area (Å²) in [7, 11) is 0. The van der Waals surface area contributed by atoms with E-state index in [9.17, 15) is 27.6 Å². The van der Waals surface area contributed by atoms with E-state index in [2.05, 4.69) is 10.1 Å². The van der Waals surface area contributed by atoms with Gasteiger partial charge in [0.05, 0.1) is 6.61 Å². The highest BCUT2D eigenvalue weighted by Gasteiger charge is 2.31. The molecule has 0 unspecified atom stereocenters. The minimum absolute atomic E-state index is 0.134. The van der Waals surface area contributed by atoms with Crippen LogP contribution in [0.5, 0.6) is 5.75 Å². The van der Waals surface area contributed by atoms with Crippen molar-refractivity contribution in [2.24, 2.45) is 0 Å². The second-order valence-electron chi connectivity index (χ2n) is 6.59. The van der Waals surface area contributed by atoms with Gasteiger partial charge in [0.1, 0.15) is 5.75 Å². The van der Waals surface area contributed by atoms with Gasteiger partial charge in [0.25, 0.3) is 5.91 Å². The van der Waals surface area contributed by atoms with Crippen LogP contribution in [0.1, 0.15) is 25.3 Å². The van der Waals surface area contributed by atoms with E-state index in [1.807, 2.05) is 0 Å². The zero-order valence-corrected chi connectivity index (χ0v) is 16.8. The van der Waals surface area contributed by atoms with Crippen LogP contribution in [0, 0.1) is 0 Å². The summed E-state index contributed by atoms with van der Waals surface area (Å²) in [5.41, 5.74) is 0.448. The van der Waals surface area contributed by atoms with E-state index in [0.29, 0.717) is 38.1 Å². The zero-order chi connectivity index (χ0) is 22.9. The van der Waals surface area contributed by atoms with Crippen molar-refractivity contribution in [3.05, 3.63) is 35.9 Å². The zero-order valence-electron chi connectivity index (χ0n) is 16.8. The molecule has 11 heteroatoms. The Morgan fingerprint density at radius 3 is 2.35 bits per heavy atom. The number of hydrogen-bond donors (Lipinski definition) is 1. The number of halogens is 3. The average molecular weight is 444 g/mol. The molecule has 0 aromatic heterocycles. The topological polar surface area (TPSA) is 94.2 Å². The van der Waals surface area contributed by atoms with Gasteiger partial charge in [-0.15, -0.1) is 13.2 Å². The van der Waals surface area contributed by atoms with E-state index in [-0.39, 0.29) is 17.9 Å². The Labute approximate surface area is 176 Å². The van der Waals surface area contributed by atoms with Crippen molar-refractivity contribution in [3.63, 3.8) is 0 Å². The lowest BCUT2D eigenvalue weighted by Gasteiger charge is -2.31. The summed E-state index contributed by atoms with van der Waals surface area (Å²) in [5.74, 6) is -1.62. The fourth-order valence-electron chi connectivity index (χ4n) is 2.82. The summed E-state index contributed by atoms with van der Waals surface area (Å²) < 4.78 is 49.9. The van der Waals surface area contributed by atoms with Crippen molar-refractivity contribution < 1.29 is 41.8 Å². The van der Waals surface area contributed by atoms with E-state index < -0.39 is 24.8 Å². The number of carbonyl (C=O) groups excluding carboxylic acids is 3. The molecule has 170 valence electrons. The molecule has 1 heterocycles. The van der Waals surface area contributed by atoms with Crippen LogP contribution in [-0.2, 0) is 19.1 Å². The molecule has 1 aliphatic heterocycles. The van der Waals surface area contributed by atoms with E-state index in [1.165, 1.54) is 18.2 Å². The largest absolute Gasteiger partial charge is 0.573 e. The van der Waals surface area contributed by atoms with Crippen molar-refractivity contribution in [2.45, 2.75) is 32.2 Å². The third-order valence-corrected chi connectivity index (χ3v) is 4.26. The van der Waals surface area contributed by atoms with Crippen molar-refractivity contribution in [1.82, 2.24) is 10.2 Å². The quantitative estimate of drug-likeness (QED) is 0.514. The minimum Gasteiger partial charge on any atom is -0.452 e. The van der Waals surface area contributed by atoms with Crippen LogP contribution in [0.3, 0.4) is 0 Å². The molecule has 0 saturated carbocycles. The summed E-state index contributed by atoms with van der Waals surface area (Å²) >= 11 is 0. The van der Waals surface area contributed by atoms with Gasteiger partial charge in [0.15, 0.2) is 6.61 Å². The fraction of sp³-hybridized carbons (Fsp3) is 0.450. The second-order valence-corrected chi connectivity index (χ2v) is 6.59. The summed E-state index contributed by atoms with van der Waals surface area (Å²) in [5, 5.41) is 2.74. The Morgan fingerprint density at radius 2 is 1.77 bits per heavy atom. The van der Waals surface area contributed by atoms with Gasteiger partial charge < -0.3 is 24.4 Å². The molecule has 31 heavy (non-hydrogen) atoms. The molecule has 2 rings (SSSR count). The normalized spacial score (nSPS) is 14.9. The number of hydrogen-bond acceptors (Lipinski definition) is 6. The number of nitrogens with zero attached hydrogens (tertiary/aromatic N) is 1. The first-order valence-electron chi connectivity index (χ1n) is 9.58. The number of alkyl halides is 3. The van der Waals surface area contributed by atoms with Crippen molar-refractivity contribution in [2.75, 3.05) is 26.3 Å². The van der Waals surface area contributed by atoms with E-state index in [4.69, 9.17) is 9.47 Å². The van der Waals surface area contributed by atoms with Crippen molar-refractivity contribution in [3.8, 4) is 5.75 Å². The fourth-order valence-corrected chi connectivity index (χ4v) is 2.82. The third kappa shape index (κ3) is 8.97. The average Bonchev–Trinajstić information content (AvgIpc) is 2.71. The predicted molar refractivity (Wildman–Crippen MR) is 103 cm³/mol. The van der Waals surface area contributed by atoms with Crippen molar-refractivity contribution >= 4 is 24.0 Å². The lowest BCUT2D eigenvalue weighted by atomic mass is 10.1. The molecule has 0 spiro atoms. The van der Waals surface area contributed by atoms with Crippen LogP contribution < -0.4 is 10.1 Å². The monoisotopic (exact) mass is 444 g/mol. The molecule has 8 nitrogen and oxygen atoms in total. The van der Waals surface area contributed by atoms with Gasteiger partial charge in [0, 0.05) is 25.2 Å². The number of rotatable bonds is 7. The highest BCUT2D eigenvalue weighted by atomic mass is 19.4. The van der Waals surface area contributed by atoms with Gasteiger partial charge >= 0.3 is 18.4 Å². The van der Waals surface area contributed by atoms with Gasteiger partial charge in [-0.2, -0.15) is 0 Å². The Balaban J connectivity index is 1.69. The van der Waals surface area contributed by atoms with Gasteiger partial charge in [0.2, 0.25) is 0 Å². The van der Waals surface area contributed by atoms with Crippen LogP contribution in [0.2, 0.25) is 0 Å². The maximum absolute atomic E-state index is 12.1. The molecule has 0 radical (unpaired) electrons. The molecule has 1 saturated heterocycles. The lowest BCUT2D eigenvalue weighted by molar-refractivity contribution is -0.274. The SMILES string of the molecule is CCOC(=O)N1CCC(NC(=O)COC(=O)/C=C/c2ccc(OC(F)(F)F)cc2)CC1. The number of amides is 2. The number of ether oxygens (including phenoxy) is 3. The van der Waals surface area contributed by atoms with Crippen LogP contribution in [-0.4, -0.2) is 61.6 Å². The molecule has 1 fully saturated rings. The number of carbonyl (C=O) groups is 3. The Hall–Kier alpha value is -3.24. The number of nitrogens with one attached hydrogen (secondary N) is 1. The van der Waals surface area contributed by atoms with Crippen LogP contribution in [0.4, 0.5) is 18.0 Å². The summed E-state index contributed by atoms with van der Waals surface area (Å²) in [6.45, 7) is 2.47. The van der Waals surface area contributed by atoms with Gasteiger partial charge in [-0.3, -0.25) is 4.79 Å². The Bertz CT molecular complexity index is 787. The van der Waals surface area contributed by atoms with Crippen LogP contribution in [0.25, 0.3) is 6.08 Å². The third-order valence-electron chi connectivity index (χ3n) is 4.26. The van der Waals surface area contributed by atoms with E-state index in [0.717, 1.165) is 18.2 Å². The highest BCUT2D eigenvalue weighted by Crippen LogP contribution is 2.23. The first kappa shape index (κ1) is 24.0. The maximum atomic E-state index is 12.1. The summed E-state index contributed by atoms with van der Waals surface area (Å²) in [6, 6.07) is 4.75. The maximum Gasteiger partial charge on any atom is 0.573 e. The smallest absolute Gasteiger partial charge is 0.452 e. The molecule has 1 aliphatic rings. The molecule has 2 amide bonds. The highest BCUT2D eigenvalue weighted by molar-refractivity contribution is 5.89. The van der Waals surface area contributed by atoms with Gasteiger partial charge in [-0.05, 0) is 43.5 Å². The number of piperidine rings is 1. The van der Waals surface area contributed by atoms with E-state index in [1.54, 1.807) is 11.8 Å². The van der Waals surface area contributed by atoms with Gasteiger partial charge in [-0.25, -0.2) is 9.59 Å². The Kier molecular flexibility index (Phi) is 8.71. The van der Waals surface area contributed by atoms with Crippen molar-refractivity contribution in [1.29, 1.82) is 0 Å². The Morgan fingerprint density at radius 1 is 1.13 bits per heavy atom. The molecular weight excluding hydrogens is 421 g/mol. The molecular formula is C20H23F3N2O6. The van der Waals surface area contributed by atoms with E-state index >= 15 is 0 Å². The molecule has 1 aromatic rings. The first-order valence-corrected chi connectivity index (χ1v) is 9.58. The molecule has 0 bridgehead atoms. The molecule has 1 N–H and O–H groups in total. The number of esters is 1. The second kappa shape index (κ2) is 11.2. The van der Waals surface area contributed by atoms with Gasteiger partial charge in [-0.1, -0.05) is 12.1 Å². The first-order chi connectivity index (χ1) is 14.7. The molecule has 0 aliphatic carbocycles. The predicted octanol–water partition coefficient (Wildman–Crippen LogP) is 2.88. The lowest BCUT2D eigenvalue weighted by Crippen LogP contribution is -2.47. The molecule has 0 atom stereocenters. The summed E-state index contributed by atoms with van der Waals surface area (Å²) in [4.78, 5) is 36.9.